The molecular formula is C6H14INO5. The van der Waals surface area contributed by atoms with E-state index in [0.717, 1.165) is 0 Å². The van der Waals surface area contributed by atoms with E-state index >= 15 is 0 Å². The fraction of sp³-hybridized carbons (Fsp3) is 1.00. The van der Waals surface area contributed by atoms with Gasteiger partial charge in [0.25, 0.3) is 0 Å². The molecule has 5 atom stereocenters. The van der Waals surface area contributed by atoms with Gasteiger partial charge in [-0.05, 0) is 0 Å². The van der Waals surface area contributed by atoms with Crippen LogP contribution in [-0.2, 0) is 4.74 Å². The Kier molecular flexibility index (Phi) is 5.59. The van der Waals surface area contributed by atoms with E-state index in [0.29, 0.717) is 0 Å². The second-order valence-corrected chi connectivity index (χ2v) is 2.81. The van der Waals surface area contributed by atoms with Crippen LogP contribution in [0.2, 0.25) is 0 Å². The molecule has 1 fully saturated rings. The molecule has 1 heterocycles. The minimum absolute atomic E-state index is 0. The lowest BCUT2D eigenvalue weighted by Gasteiger charge is -2.38. The molecule has 0 aromatic heterocycles. The second kappa shape index (κ2) is 5.39. The van der Waals surface area contributed by atoms with Crippen molar-refractivity contribution in [1.29, 1.82) is 0 Å². The Bertz CT molecular complexity index is 155. The molecule has 1 unspecified atom stereocenters. The normalized spacial score (nSPS) is 45.5. The van der Waals surface area contributed by atoms with Gasteiger partial charge in [0.15, 0.2) is 6.29 Å². The van der Waals surface area contributed by atoms with Gasteiger partial charge in [-0.25, -0.2) is 0 Å². The number of hydrogen-bond donors (Lipinski definition) is 5. The molecule has 0 spiro atoms. The first-order valence-corrected chi connectivity index (χ1v) is 3.64. The van der Waals surface area contributed by atoms with Crippen LogP contribution in [0.1, 0.15) is 0 Å². The highest BCUT2D eigenvalue weighted by molar-refractivity contribution is 14.0. The molecule has 0 aromatic carbocycles. The highest BCUT2D eigenvalue weighted by atomic mass is 127. The summed E-state index contributed by atoms with van der Waals surface area (Å²) in [6.45, 7) is -0.470. The van der Waals surface area contributed by atoms with Gasteiger partial charge >= 0.3 is 0 Å². The second-order valence-electron chi connectivity index (χ2n) is 2.81. The van der Waals surface area contributed by atoms with E-state index in [9.17, 15) is 10.2 Å². The number of aliphatic hydroxyl groups is 4. The van der Waals surface area contributed by atoms with Crippen LogP contribution in [0.4, 0.5) is 0 Å². The van der Waals surface area contributed by atoms with Crippen LogP contribution in [0.5, 0.6) is 0 Å². The van der Waals surface area contributed by atoms with Gasteiger partial charge in [0.2, 0.25) is 0 Å². The number of ether oxygens (including phenoxy) is 1. The van der Waals surface area contributed by atoms with Gasteiger partial charge in [-0.15, -0.1) is 24.0 Å². The van der Waals surface area contributed by atoms with Gasteiger partial charge in [0, 0.05) is 0 Å². The van der Waals surface area contributed by atoms with Crippen LogP contribution in [-0.4, -0.2) is 57.7 Å². The highest BCUT2D eigenvalue weighted by Crippen LogP contribution is 2.17. The molecule has 80 valence electrons. The molecule has 13 heavy (non-hydrogen) atoms. The molecule has 0 radical (unpaired) electrons. The molecule has 6 nitrogen and oxygen atoms in total. The molecule has 1 aliphatic rings. The quantitative estimate of drug-likeness (QED) is 0.338. The number of hydrogen-bond acceptors (Lipinski definition) is 6. The Morgan fingerprint density at radius 3 is 2.15 bits per heavy atom. The first-order valence-electron chi connectivity index (χ1n) is 3.64. The van der Waals surface area contributed by atoms with Gasteiger partial charge in [-0.2, -0.15) is 0 Å². The average Bonchev–Trinajstić information content (AvgIpc) is 2.08. The summed E-state index contributed by atoms with van der Waals surface area (Å²) >= 11 is 0. The molecule has 7 heteroatoms. The molecule has 1 aliphatic heterocycles. The summed E-state index contributed by atoms with van der Waals surface area (Å²) in [5.74, 6) is 0. The van der Waals surface area contributed by atoms with Crippen molar-refractivity contribution in [1.82, 2.24) is 0 Å². The smallest absolute Gasteiger partial charge is 0.173 e. The zero-order valence-electron chi connectivity index (χ0n) is 6.78. The molecule has 1 rings (SSSR count). The maximum absolute atomic E-state index is 9.20. The van der Waals surface area contributed by atoms with Gasteiger partial charge in [-0.1, -0.05) is 0 Å². The largest absolute Gasteiger partial charge is 0.394 e. The third kappa shape index (κ3) is 2.72. The Hall–Kier alpha value is 0.490. The molecule has 6 N–H and O–H groups in total. The van der Waals surface area contributed by atoms with Crippen molar-refractivity contribution < 1.29 is 25.2 Å². The summed E-state index contributed by atoms with van der Waals surface area (Å²) < 4.78 is 4.70. The van der Waals surface area contributed by atoms with Crippen LogP contribution >= 0.6 is 24.0 Å². The summed E-state index contributed by atoms with van der Waals surface area (Å²) in [7, 11) is 0. The summed E-state index contributed by atoms with van der Waals surface area (Å²) in [5.41, 5.74) is 5.26. The maximum Gasteiger partial charge on any atom is 0.173 e. The molecule has 0 saturated carbocycles. The SMILES string of the molecule is I.N[C@H]1C(O)O[C@H](CO)[C@@H](O)[C@@H]1O. The third-order valence-electron chi connectivity index (χ3n) is 1.95. The summed E-state index contributed by atoms with van der Waals surface area (Å²) in [4.78, 5) is 0. The Balaban J connectivity index is 0.00000144. The van der Waals surface area contributed by atoms with E-state index in [1.165, 1.54) is 0 Å². The molecule has 0 aliphatic carbocycles. The van der Waals surface area contributed by atoms with Crippen LogP contribution < -0.4 is 5.73 Å². The van der Waals surface area contributed by atoms with Crippen molar-refractivity contribution in [2.45, 2.75) is 30.6 Å². The third-order valence-corrected chi connectivity index (χ3v) is 1.95. The van der Waals surface area contributed by atoms with Crippen molar-refractivity contribution in [2.75, 3.05) is 6.61 Å². The van der Waals surface area contributed by atoms with Crippen molar-refractivity contribution in [3.63, 3.8) is 0 Å². The lowest BCUT2D eigenvalue weighted by atomic mass is 9.98. The Morgan fingerprint density at radius 2 is 1.69 bits per heavy atom. The molecule has 0 amide bonds. The summed E-state index contributed by atoms with van der Waals surface area (Å²) in [6, 6.07) is -1.04. The van der Waals surface area contributed by atoms with Crippen LogP contribution in [0.3, 0.4) is 0 Å². The fourth-order valence-electron chi connectivity index (χ4n) is 1.12. The van der Waals surface area contributed by atoms with Crippen molar-refractivity contribution in [3.8, 4) is 0 Å². The Labute approximate surface area is 92.3 Å². The number of nitrogens with two attached hydrogens (primary N) is 1. The van der Waals surface area contributed by atoms with E-state index in [4.69, 9.17) is 20.7 Å². The van der Waals surface area contributed by atoms with E-state index in [2.05, 4.69) is 0 Å². The minimum atomic E-state index is -1.35. The van der Waals surface area contributed by atoms with Gasteiger partial charge in [-0.3, -0.25) is 0 Å². The van der Waals surface area contributed by atoms with Crippen LogP contribution in [0.15, 0.2) is 0 Å². The molecule has 0 aromatic rings. The van der Waals surface area contributed by atoms with Crippen molar-refractivity contribution in [3.05, 3.63) is 0 Å². The van der Waals surface area contributed by atoms with E-state index in [-0.39, 0.29) is 24.0 Å². The van der Waals surface area contributed by atoms with Gasteiger partial charge in [0.05, 0.1) is 12.6 Å². The molecule has 0 bridgehead atoms. The van der Waals surface area contributed by atoms with Crippen LogP contribution in [0, 0.1) is 0 Å². The average molecular weight is 307 g/mol. The summed E-state index contributed by atoms with van der Waals surface area (Å²) in [6.07, 6.45) is -4.85. The monoisotopic (exact) mass is 307 g/mol. The van der Waals surface area contributed by atoms with Gasteiger partial charge in [0.1, 0.15) is 18.3 Å². The number of halogens is 1. The summed E-state index contributed by atoms with van der Waals surface area (Å²) in [5, 5.41) is 36.1. The predicted octanol–water partition coefficient (Wildman–Crippen LogP) is -2.64. The molecular weight excluding hydrogens is 293 g/mol. The lowest BCUT2D eigenvalue weighted by molar-refractivity contribution is -0.248. The zero-order valence-corrected chi connectivity index (χ0v) is 9.11. The minimum Gasteiger partial charge on any atom is -0.394 e. The molecule has 1 saturated heterocycles. The highest BCUT2D eigenvalue weighted by Gasteiger charge is 2.41. The maximum atomic E-state index is 9.20. The van der Waals surface area contributed by atoms with Crippen molar-refractivity contribution >= 4 is 24.0 Å². The topological polar surface area (TPSA) is 116 Å². The lowest BCUT2D eigenvalue weighted by Crippen LogP contribution is -2.61. The van der Waals surface area contributed by atoms with Crippen LogP contribution in [0.25, 0.3) is 0 Å². The van der Waals surface area contributed by atoms with Crippen molar-refractivity contribution in [2.24, 2.45) is 5.73 Å². The van der Waals surface area contributed by atoms with E-state index in [1.54, 1.807) is 0 Å². The predicted molar refractivity (Wildman–Crippen MR) is 53.4 cm³/mol. The van der Waals surface area contributed by atoms with E-state index in [1.807, 2.05) is 0 Å². The Morgan fingerprint density at radius 1 is 1.15 bits per heavy atom. The van der Waals surface area contributed by atoms with E-state index < -0.39 is 37.3 Å². The number of rotatable bonds is 1. The zero-order chi connectivity index (χ0) is 9.30. The fourth-order valence-corrected chi connectivity index (χ4v) is 1.12. The first kappa shape index (κ1) is 13.5. The number of aliphatic hydroxyl groups excluding tert-OH is 4. The first-order chi connectivity index (χ1) is 5.57. The standard InChI is InChI=1S/C6H13NO5.HI/c7-3-5(10)4(9)2(1-8)12-6(3)11;/h2-6,8-11H,1,7H2;1H/t2-,3-,4-,5-,6?;/m1./s1. The van der Waals surface area contributed by atoms with Gasteiger partial charge < -0.3 is 30.9 Å².